The molecular weight excluding hydrogens is 262 g/mol. The molecule has 0 saturated heterocycles. The maximum Gasteiger partial charge on any atom is 0.358 e. The average molecular weight is 275 g/mol. The Morgan fingerprint density at radius 2 is 2.32 bits per heavy atom. The molecule has 1 aliphatic heterocycles. The zero-order valence-corrected chi connectivity index (χ0v) is 10.9. The van der Waals surface area contributed by atoms with Gasteiger partial charge in [-0.15, -0.1) is 11.8 Å². The molecule has 6 heteroatoms. The molecule has 1 aromatic heterocycles. The zero-order chi connectivity index (χ0) is 13.4. The molecule has 19 heavy (non-hydrogen) atoms. The van der Waals surface area contributed by atoms with E-state index in [4.69, 9.17) is 10.8 Å². The highest BCUT2D eigenvalue weighted by molar-refractivity contribution is 7.99. The molecule has 2 aromatic rings. The molecule has 3 rings (SSSR count). The van der Waals surface area contributed by atoms with Crippen LogP contribution >= 0.6 is 11.8 Å². The number of nitrogens with two attached hydrogens (primary N) is 1. The third-order valence-electron chi connectivity index (χ3n) is 3.20. The van der Waals surface area contributed by atoms with Gasteiger partial charge in [0.15, 0.2) is 5.69 Å². The second-order valence-electron chi connectivity index (χ2n) is 4.51. The lowest BCUT2D eigenvalue weighted by molar-refractivity contribution is 0.0690. The molecule has 0 aliphatic carbocycles. The molecule has 2 heterocycles. The van der Waals surface area contributed by atoms with E-state index in [-0.39, 0.29) is 11.4 Å². The van der Waals surface area contributed by atoms with Crippen LogP contribution < -0.4 is 5.73 Å². The molecule has 1 aromatic carbocycles. The number of anilines is 1. The van der Waals surface area contributed by atoms with Crippen LogP contribution in [0.1, 0.15) is 22.0 Å². The smallest absolute Gasteiger partial charge is 0.358 e. The number of thioether (sulfide) groups is 1. The predicted octanol–water partition coefficient (Wildman–Crippen LogP) is 2.05. The molecule has 0 fully saturated rings. The highest BCUT2D eigenvalue weighted by Gasteiger charge is 2.24. The Morgan fingerprint density at radius 1 is 1.53 bits per heavy atom. The van der Waals surface area contributed by atoms with E-state index in [9.17, 15) is 4.79 Å². The van der Waals surface area contributed by atoms with Crippen LogP contribution in [0.15, 0.2) is 35.4 Å². The van der Waals surface area contributed by atoms with Gasteiger partial charge >= 0.3 is 5.97 Å². The van der Waals surface area contributed by atoms with E-state index in [0.717, 1.165) is 5.75 Å². The number of nitrogen functional groups attached to an aromatic ring is 1. The number of aromatic carboxylic acids is 1. The number of hydrogen-bond acceptors (Lipinski definition) is 4. The minimum Gasteiger partial charge on any atom is -0.476 e. The molecule has 1 unspecified atom stereocenters. The number of aromatic nitrogens is 2. The van der Waals surface area contributed by atoms with Crippen molar-refractivity contribution in [2.75, 3.05) is 11.5 Å². The van der Waals surface area contributed by atoms with Gasteiger partial charge in [0, 0.05) is 29.3 Å². The summed E-state index contributed by atoms with van der Waals surface area (Å²) in [6, 6.07) is 8.28. The molecule has 1 atom stereocenters. The van der Waals surface area contributed by atoms with Crippen LogP contribution in [0.4, 0.5) is 5.69 Å². The Labute approximate surface area is 114 Å². The number of carbonyl (C=O) groups is 1. The number of fused-ring (bicyclic) bond motifs is 1. The molecule has 1 aliphatic rings. The van der Waals surface area contributed by atoms with Gasteiger partial charge in [-0.05, 0) is 11.6 Å². The number of hydrogen-bond donors (Lipinski definition) is 2. The van der Waals surface area contributed by atoms with Crippen molar-refractivity contribution < 1.29 is 9.90 Å². The van der Waals surface area contributed by atoms with E-state index in [0.29, 0.717) is 12.5 Å². The van der Waals surface area contributed by atoms with Gasteiger partial charge in [0.2, 0.25) is 0 Å². The summed E-state index contributed by atoms with van der Waals surface area (Å²) in [6.07, 6.45) is 1.59. The first-order valence-corrected chi connectivity index (χ1v) is 6.91. The number of rotatable bonds is 3. The van der Waals surface area contributed by atoms with Crippen molar-refractivity contribution in [2.45, 2.75) is 17.4 Å². The fourth-order valence-corrected chi connectivity index (χ4v) is 3.54. The summed E-state index contributed by atoms with van der Waals surface area (Å²) in [6.45, 7) is 0.654. The monoisotopic (exact) mass is 275 g/mol. The van der Waals surface area contributed by atoms with Gasteiger partial charge in [-0.3, -0.25) is 4.68 Å². The summed E-state index contributed by atoms with van der Waals surface area (Å²) >= 11 is 1.82. The maximum absolute atomic E-state index is 10.9. The summed E-state index contributed by atoms with van der Waals surface area (Å²) in [5.41, 5.74) is 7.09. The topological polar surface area (TPSA) is 81.1 Å². The molecule has 0 amide bonds. The second kappa shape index (κ2) is 4.62. The normalized spacial score (nSPS) is 17.4. The average Bonchev–Trinajstić information content (AvgIpc) is 2.95. The fourth-order valence-electron chi connectivity index (χ4n) is 2.30. The summed E-state index contributed by atoms with van der Waals surface area (Å²) in [7, 11) is 0. The Morgan fingerprint density at radius 3 is 3.05 bits per heavy atom. The SMILES string of the molecule is Nc1cn(CC2CSc3ccccc32)nc1C(=O)O. The molecule has 98 valence electrons. The van der Waals surface area contributed by atoms with Crippen molar-refractivity contribution in [3.05, 3.63) is 41.7 Å². The third kappa shape index (κ3) is 2.19. The quantitative estimate of drug-likeness (QED) is 0.896. The minimum atomic E-state index is -1.09. The van der Waals surface area contributed by atoms with Crippen molar-refractivity contribution in [3.63, 3.8) is 0 Å². The van der Waals surface area contributed by atoms with E-state index in [1.54, 1.807) is 10.9 Å². The van der Waals surface area contributed by atoms with Gasteiger partial charge in [0.1, 0.15) is 0 Å². The molecule has 0 saturated carbocycles. The summed E-state index contributed by atoms with van der Waals surface area (Å²) in [5.74, 6) is 0.251. The van der Waals surface area contributed by atoms with Gasteiger partial charge in [-0.2, -0.15) is 5.10 Å². The van der Waals surface area contributed by atoms with Crippen molar-refractivity contribution in [3.8, 4) is 0 Å². The van der Waals surface area contributed by atoms with Gasteiger partial charge in [-0.25, -0.2) is 4.79 Å². The second-order valence-corrected chi connectivity index (χ2v) is 5.57. The number of carboxylic acids is 1. The van der Waals surface area contributed by atoms with Gasteiger partial charge in [-0.1, -0.05) is 18.2 Å². The van der Waals surface area contributed by atoms with Crippen molar-refractivity contribution >= 4 is 23.4 Å². The maximum atomic E-state index is 10.9. The summed E-state index contributed by atoms with van der Waals surface area (Å²) in [4.78, 5) is 12.2. The minimum absolute atomic E-state index is 0.0704. The third-order valence-corrected chi connectivity index (χ3v) is 4.45. The van der Waals surface area contributed by atoms with E-state index in [1.165, 1.54) is 10.5 Å². The molecule has 3 N–H and O–H groups in total. The van der Waals surface area contributed by atoms with E-state index < -0.39 is 5.97 Å². The Hall–Kier alpha value is -1.95. The van der Waals surface area contributed by atoms with Crippen LogP contribution in [0.3, 0.4) is 0 Å². The van der Waals surface area contributed by atoms with Gasteiger partial charge < -0.3 is 10.8 Å². The van der Waals surface area contributed by atoms with Crippen molar-refractivity contribution in [1.82, 2.24) is 9.78 Å². The fraction of sp³-hybridized carbons (Fsp3) is 0.231. The number of carboxylic acid groups (broad SMARTS) is 1. The first kappa shape index (κ1) is 12.1. The lowest BCUT2D eigenvalue weighted by atomic mass is 10.0. The first-order valence-electron chi connectivity index (χ1n) is 5.93. The molecule has 0 radical (unpaired) electrons. The molecule has 0 bridgehead atoms. The molecular formula is C13H13N3O2S. The highest BCUT2D eigenvalue weighted by Crippen LogP contribution is 2.40. The van der Waals surface area contributed by atoms with Gasteiger partial charge in [0.25, 0.3) is 0 Å². The Balaban J connectivity index is 1.84. The van der Waals surface area contributed by atoms with Crippen LogP contribution in [-0.2, 0) is 6.54 Å². The van der Waals surface area contributed by atoms with E-state index >= 15 is 0 Å². The Bertz CT molecular complexity index is 639. The predicted molar refractivity (Wildman–Crippen MR) is 73.5 cm³/mol. The van der Waals surface area contributed by atoms with E-state index in [1.807, 2.05) is 23.9 Å². The van der Waals surface area contributed by atoms with Crippen LogP contribution in [0.2, 0.25) is 0 Å². The molecule has 5 nitrogen and oxygen atoms in total. The highest BCUT2D eigenvalue weighted by atomic mass is 32.2. The summed E-state index contributed by atoms with van der Waals surface area (Å²) < 4.78 is 1.63. The van der Waals surface area contributed by atoms with E-state index in [2.05, 4.69) is 17.2 Å². The summed E-state index contributed by atoms with van der Waals surface area (Å²) in [5, 5.41) is 13.0. The van der Waals surface area contributed by atoms with Crippen molar-refractivity contribution in [1.29, 1.82) is 0 Å². The largest absolute Gasteiger partial charge is 0.476 e. The standard InChI is InChI=1S/C13H13N3O2S/c14-10-6-16(15-12(10)13(17)18)5-8-7-19-11-4-2-1-3-9(8)11/h1-4,6,8H,5,7,14H2,(H,17,18). The van der Waals surface area contributed by atoms with Crippen molar-refractivity contribution in [2.24, 2.45) is 0 Å². The zero-order valence-electron chi connectivity index (χ0n) is 10.1. The van der Waals surface area contributed by atoms with Crippen LogP contribution in [0.25, 0.3) is 0 Å². The van der Waals surface area contributed by atoms with Crippen LogP contribution in [-0.4, -0.2) is 26.6 Å². The molecule has 0 spiro atoms. The van der Waals surface area contributed by atoms with Crippen LogP contribution in [0.5, 0.6) is 0 Å². The van der Waals surface area contributed by atoms with Gasteiger partial charge in [0.05, 0.1) is 5.69 Å². The number of nitrogens with zero attached hydrogens (tertiary/aromatic N) is 2. The first-order chi connectivity index (χ1) is 9.15. The lowest BCUT2D eigenvalue weighted by Gasteiger charge is -2.10. The van der Waals surface area contributed by atoms with Crippen LogP contribution in [0, 0.1) is 0 Å². The Kier molecular flexibility index (Phi) is 2.94. The lowest BCUT2D eigenvalue weighted by Crippen LogP contribution is -2.10. The number of benzene rings is 1.